The number of benzene rings is 2. The molecule has 176 valence electrons. The Morgan fingerprint density at radius 3 is 2.74 bits per heavy atom. The Morgan fingerprint density at radius 2 is 2.00 bits per heavy atom. The fourth-order valence-electron chi connectivity index (χ4n) is 3.86. The van der Waals surface area contributed by atoms with E-state index in [2.05, 4.69) is 15.3 Å². The standard InChI is InChI=1S/C24H26N6O4/c1-28(11-12-33-3)21-14-23(34-4)19(13-22(21)30(31)32)27-24-25-10-9-18(26-24)17-15-29(2)20-8-6-5-7-16(17)20/h5-10,13-15H,11-12H2,1-4H3,(H,25,26,27). The van der Waals surface area contributed by atoms with Crippen molar-refractivity contribution in [1.29, 1.82) is 0 Å². The molecule has 4 aromatic rings. The minimum Gasteiger partial charge on any atom is -0.494 e. The molecule has 0 spiro atoms. The number of methoxy groups -OCH3 is 2. The van der Waals surface area contributed by atoms with Crippen molar-refractivity contribution < 1.29 is 14.4 Å². The molecule has 0 aliphatic heterocycles. The third-order valence-corrected chi connectivity index (χ3v) is 5.61. The predicted molar refractivity (Wildman–Crippen MR) is 132 cm³/mol. The summed E-state index contributed by atoms with van der Waals surface area (Å²) >= 11 is 0. The Balaban J connectivity index is 1.71. The van der Waals surface area contributed by atoms with E-state index < -0.39 is 4.92 Å². The minimum absolute atomic E-state index is 0.0629. The van der Waals surface area contributed by atoms with Gasteiger partial charge in [-0.1, -0.05) is 18.2 Å². The first-order valence-electron chi connectivity index (χ1n) is 10.6. The zero-order chi connectivity index (χ0) is 24.2. The monoisotopic (exact) mass is 462 g/mol. The summed E-state index contributed by atoms with van der Waals surface area (Å²) in [6, 6.07) is 13.0. The van der Waals surface area contributed by atoms with Crippen molar-refractivity contribution in [3.05, 3.63) is 65.0 Å². The Labute approximate surface area is 196 Å². The molecule has 0 atom stereocenters. The molecule has 0 radical (unpaired) electrons. The summed E-state index contributed by atoms with van der Waals surface area (Å²) in [5.74, 6) is 0.738. The highest BCUT2D eigenvalue weighted by molar-refractivity contribution is 5.95. The third kappa shape index (κ3) is 4.48. The van der Waals surface area contributed by atoms with Gasteiger partial charge in [0.05, 0.1) is 30.0 Å². The number of ether oxygens (including phenoxy) is 2. The second-order valence-corrected chi connectivity index (χ2v) is 7.77. The van der Waals surface area contributed by atoms with E-state index in [0.717, 1.165) is 22.2 Å². The number of aryl methyl sites for hydroxylation is 1. The van der Waals surface area contributed by atoms with E-state index in [1.165, 1.54) is 13.2 Å². The highest BCUT2D eigenvalue weighted by Crippen LogP contribution is 2.39. The number of hydrogen-bond donors (Lipinski definition) is 1. The van der Waals surface area contributed by atoms with Crippen LogP contribution in [0.4, 0.5) is 23.0 Å². The van der Waals surface area contributed by atoms with Crippen LogP contribution in [-0.4, -0.2) is 53.9 Å². The van der Waals surface area contributed by atoms with Crippen LogP contribution in [0.2, 0.25) is 0 Å². The lowest BCUT2D eigenvalue weighted by Gasteiger charge is -2.20. The first-order chi connectivity index (χ1) is 16.4. The fraction of sp³-hybridized carbons (Fsp3) is 0.250. The van der Waals surface area contributed by atoms with Crippen molar-refractivity contribution in [3.63, 3.8) is 0 Å². The molecule has 4 rings (SSSR count). The lowest BCUT2D eigenvalue weighted by molar-refractivity contribution is -0.384. The van der Waals surface area contributed by atoms with Gasteiger partial charge in [0.2, 0.25) is 5.95 Å². The minimum atomic E-state index is -0.420. The van der Waals surface area contributed by atoms with Crippen LogP contribution in [0.1, 0.15) is 0 Å². The van der Waals surface area contributed by atoms with E-state index in [1.807, 2.05) is 48.1 Å². The molecule has 2 aromatic carbocycles. The van der Waals surface area contributed by atoms with Gasteiger partial charge in [-0.2, -0.15) is 0 Å². The molecule has 0 saturated carbocycles. The Kier molecular flexibility index (Phi) is 6.60. The second-order valence-electron chi connectivity index (χ2n) is 7.77. The number of para-hydroxylation sites is 1. The highest BCUT2D eigenvalue weighted by atomic mass is 16.6. The number of fused-ring (bicyclic) bond motifs is 1. The number of likely N-dealkylation sites (N-methyl/N-ethyl adjacent to an activating group) is 1. The summed E-state index contributed by atoms with van der Waals surface area (Å²) in [7, 11) is 6.85. The molecule has 0 bridgehead atoms. The van der Waals surface area contributed by atoms with Crippen molar-refractivity contribution in [2.24, 2.45) is 7.05 Å². The van der Waals surface area contributed by atoms with Crippen LogP contribution in [0.15, 0.2) is 54.9 Å². The van der Waals surface area contributed by atoms with E-state index >= 15 is 0 Å². The molecule has 0 fully saturated rings. The highest BCUT2D eigenvalue weighted by Gasteiger charge is 2.22. The lowest BCUT2D eigenvalue weighted by Crippen LogP contribution is -2.23. The molecule has 0 amide bonds. The smallest absolute Gasteiger partial charge is 0.294 e. The molecule has 1 N–H and O–H groups in total. The summed E-state index contributed by atoms with van der Waals surface area (Å²) in [4.78, 5) is 22.1. The number of aromatic nitrogens is 3. The molecule has 2 heterocycles. The first-order valence-corrected chi connectivity index (χ1v) is 10.6. The van der Waals surface area contributed by atoms with Crippen molar-refractivity contribution in [3.8, 4) is 17.0 Å². The van der Waals surface area contributed by atoms with Crippen LogP contribution >= 0.6 is 0 Å². The zero-order valence-corrected chi connectivity index (χ0v) is 19.5. The number of anilines is 3. The SMILES string of the molecule is COCCN(C)c1cc(OC)c(Nc2nccc(-c3cn(C)c4ccccc34)n2)cc1[N+](=O)[O-]. The molecule has 0 unspecified atom stereocenters. The molecule has 10 nitrogen and oxygen atoms in total. The summed E-state index contributed by atoms with van der Waals surface area (Å²) in [5.41, 5.74) is 3.56. The second kappa shape index (κ2) is 9.75. The quantitative estimate of drug-likeness (QED) is 0.288. The molecular weight excluding hydrogens is 436 g/mol. The normalized spacial score (nSPS) is 10.9. The number of nitrogens with zero attached hydrogens (tertiary/aromatic N) is 5. The van der Waals surface area contributed by atoms with Gasteiger partial charge in [-0.25, -0.2) is 9.97 Å². The topological polar surface area (TPSA) is 108 Å². The number of nitrogens with one attached hydrogen (secondary N) is 1. The molecule has 2 aromatic heterocycles. The van der Waals surface area contributed by atoms with Gasteiger partial charge in [-0.15, -0.1) is 0 Å². The van der Waals surface area contributed by atoms with Crippen molar-refractivity contribution in [2.75, 3.05) is 44.6 Å². The molecule has 0 saturated heterocycles. The molecule has 0 aliphatic rings. The van der Waals surface area contributed by atoms with Gasteiger partial charge in [0.1, 0.15) is 11.4 Å². The number of hydrogen-bond acceptors (Lipinski definition) is 8. The van der Waals surface area contributed by atoms with Gasteiger partial charge in [-0.3, -0.25) is 10.1 Å². The predicted octanol–water partition coefficient (Wildman–Crippen LogP) is 4.38. The number of nitro benzene ring substituents is 1. The zero-order valence-electron chi connectivity index (χ0n) is 19.5. The fourth-order valence-corrected chi connectivity index (χ4v) is 3.86. The maximum atomic E-state index is 11.8. The van der Waals surface area contributed by atoms with Crippen LogP contribution in [0, 0.1) is 10.1 Å². The Morgan fingerprint density at radius 1 is 1.21 bits per heavy atom. The van der Waals surface area contributed by atoms with Crippen LogP contribution in [0.25, 0.3) is 22.2 Å². The van der Waals surface area contributed by atoms with Gasteiger partial charge in [-0.05, 0) is 12.1 Å². The van der Waals surface area contributed by atoms with Gasteiger partial charge < -0.3 is 24.3 Å². The lowest BCUT2D eigenvalue weighted by atomic mass is 10.1. The first kappa shape index (κ1) is 23.0. The van der Waals surface area contributed by atoms with Gasteiger partial charge >= 0.3 is 0 Å². The Hall–Kier alpha value is -4.18. The van der Waals surface area contributed by atoms with E-state index in [1.54, 1.807) is 31.3 Å². The van der Waals surface area contributed by atoms with E-state index in [9.17, 15) is 10.1 Å². The molecular formula is C24H26N6O4. The Bertz CT molecular complexity index is 1340. The summed E-state index contributed by atoms with van der Waals surface area (Å²) in [6.45, 7) is 0.925. The number of rotatable bonds is 9. The average molecular weight is 463 g/mol. The van der Waals surface area contributed by atoms with E-state index in [0.29, 0.717) is 36.2 Å². The summed E-state index contributed by atoms with van der Waals surface area (Å²) < 4.78 is 12.7. The average Bonchev–Trinajstić information content (AvgIpc) is 3.19. The van der Waals surface area contributed by atoms with E-state index in [4.69, 9.17) is 9.47 Å². The van der Waals surface area contributed by atoms with Crippen LogP contribution in [0.5, 0.6) is 5.75 Å². The largest absolute Gasteiger partial charge is 0.494 e. The van der Waals surface area contributed by atoms with Crippen molar-refractivity contribution >= 4 is 33.9 Å². The van der Waals surface area contributed by atoms with Gasteiger partial charge in [0, 0.05) is 68.7 Å². The van der Waals surface area contributed by atoms with Crippen molar-refractivity contribution in [2.45, 2.75) is 0 Å². The maximum absolute atomic E-state index is 11.8. The molecule has 34 heavy (non-hydrogen) atoms. The van der Waals surface area contributed by atoms with E-state index in [-0.39, 0.29) is 5.69 Å². The maximum Gasteiger partial charge on any atom is 0.294 e. The third-order valence-electron chi connectivity index (χ3n) is 5.61. The molecule has 10 heteroatoms. The molecule has 0 aliphatic carbocycles. The van der Waals surface area contributed by atoms with Crippen molar-refractivity contribution in [1.82, 2.24) is 14.5 Å². The van der Waals surface area contributed by atoms with Crippen LogP contribution in [0.3, 0.4) is 0 Å². The van der Waals surface area contributed by atoms with Crippen LogP contribution in [-0.2, 0) is 11.8 Å². The van der Waals surface area contributed by atoms with Gasteiger partial charge in [0.25, 0.3) is 5.69 Å². The van der Waals surface area contributed by atoms with Crippen LogP contribution < -0.4 is 15.0 Å². The van der Waals surface area contributed by atoms with Gasteiger partial charge in [0.15, 0.2) is 0 Å². The summed E-state index contributed by atoms with van der Waals surface area (Å²) in [6.07, 6.45) is 3.67. The number of nitro groups is 1. The summed E-state index contributed by atoms with van der Waals surface area (Å²) in [5, 5.41) is 16.0.